The van der Waals surface area contributed by atoms with E-state index in [0.29, 0.717) is 5.56 Å². The van der Waals surface area contributed by atoms with E-state index in [4.69, 9.17) is 0 Å². The van der Waals surface area contributed by atoms with Gasteiger partial charge in [0.05, 0.1) is 4.92 Å². The molecule has 1 heterocycles. The summed E-state index contributed by atoms with van der Waals surface area (Å²) in [6.45, 7) is 3.13. The van der Waals surface area contributed by atoms with E-state index >= 15 is 0 Å². The molecule has 1 N–H and O–H groups in total. The molecule has 24 heavy (non-hydrogen) atoms. The summed E-state index contributed by atoms with van der Waals surface area (Å²) in [7, 11) is 0. The predicted molar refractivity (Wildman–Crippen MR) is 79.9 cm³/mol. The summed E-state index contributed by atoms with van der Waals surface area (Å²) in [5.74, 6) is -0.454. The predicted octanol–water partition coefficient (Wildman–Crippen LogP) is 2.97. The summed E-state index contributed by atoms with van der Waals surface area (Å²) in [5.41, 5.74) is 1.61. The Hall–Kier alpha value is -2.16. The average Bonchev–Trinajstić information content (AvgIpc) is 2.71. The molecule has 1 saturated heterocycles. The fourth-order valence-corrected chi connectivity index (χ4v) is 2.87. The second-order valence-electron chi connectivity index (χ2n) is 6.42. The summed E-state index contributed by atoms with van der Waals surface area (Å²) in [5, 5.41) is 11.7. The van der Waals surface area contributed by atoms with Gasteiger partial charge in [0.1, 0.15) is 6.04 Å². The van der Waals surface area contributed by atoms with Crippen LogP contribution in [0.15, 0.2) is 24.3 Å². The van der Waals surface area contributed by atoms with Crippen molar-refractivity contribution in [3.63, 3.8) is 0 Å². The number of hydrazine groups is 1. The zero-order valence-electron chi connectivity index (χ0n) is 13.3. The fraction of sp³-hybridized carbons (Fsp3) is 0.533. The van der Waals surface area contributed by atoms with Gasteiger partial charge in [-0.3, -0.25) is 20.3 Å². The Balaban J connectivity index is 2.18. The standard InChI is InChI=1S/C15H18F3N3O3/c1-14(2)9-13(22)19-20(14)12(15(16,17)18)7-6-10-4-3-5-11(8-10)21(23)24/h3-5,8,12H,6-7,9H2,1-2H3,(H,19,22)/t12-/m0/s1. The van der Waals surface area contributed by atoms with E-state index in [0.717, 1.165) is 5.01 Å². The maximum atomic E-state index is 13.5. The van der Waals surface area contributed by atoms with Crippen LogP contribution in [0.2, 0.25) is 0 Å². The lowest BCUT2D eigenvalue weighted by atomic mass is 9.97. The minimum atomic E-state index is -4.53. The number of benzene rings is 1. The zero-order chi connectivity index (χ0) is 18.1. The number of amides is 1. The molecule has 0 saturated carbocycles. The van der Waals surface area contributed by atoms with Gasteiger partial charge in [0.2, 0.25) is 5.91 Å². The van der Waals surface area contributed by atoms with Crippen molar-refractivity contribution in [2.75, 3.05) is 0 Å². The summed E-state index contributed by atoms with van der Waals surface area (Å²) in [4.78, 5) is 21.7. The molecule has 9 heteroatoms. The Kier molecular flexibility index (Phi) is 4.84. The normalized spacial score (nSPS) is 19.1. The Morgan fingerprint density at radius 2 is 2.08 bits per heavy atom. The third-order valence-electron chi connectivity index (χ3n) is 4.01. The van der Waals surface area contributed by atoms with Gasteiger partial charge in [0.25, 0.3) is 5.69 Å². The van der Waals surface area contributed by atoms with E-state index in [2.05, 4.69) is 5.43 Å². The first-order valence-corrected chi connectivity index (χ1v) is 7.39. The number of non-ortho nitro benzene ring substituents is 1. The van der Waals surface area contributed by atoms with Gasteiger partial charge < -0.3 is 0 Å². The molecule has 1 fully saturated rings. The van der Waals surface area contributed by atoms with Crippen LogP contribution in [-0.2, 0) is 11.2 Å². The third-order valence-corrected chi connectivity index (χ3v) is 4.01. The van der Waals surface area contributed by atoms with Gasteiger partial charge in [-0.25, -0.2) is 5.01 Å². The van der Waals surface area contributed by atoms with Crippen LogP contribution in [-0.4, -0.2) is 33.6 Å². The number of aryl methyl sites for hydroxylation is 1. The van der Waals surface area contributed by atoms with Gasteiger partial charge in [0.15, 0.2) is 0 Å². The molecule has 6 nitrogen and oxygen atoms in total. The van der Waals surface area contributed by atoms with Crippen LogP contribution in [0.4, 0.5) is 18.9 Å². The van der Waals surface area contributed by atoms with E-state index in [1.165, 1.54) is 18.2 Å². The van der Waals surface area contributed by atoms with Gasteiger partial charge in [-0.2, -0.15) is 13.2 Å². The number of carbonyl (C=O) groups is 1. The lowest BCUT2D eigenvalue weighted by Crippen LogP contribution is -2.56. The van der Waals surface area contributed by atoms with Crippen molar-refractivity contribution in [2.45, 2.75) is 50.9 Å². The highest BCUT2D eigenvalue weighted by molar-refractivity contribution is 5.78. The topological polar surface area (TPSA) is 75.5 Å². The summed E-state index contributed by atoms with van der Waals surface area (Å²) >= 11 is 0. The van der Waals surface area contributed by atoms with Crippen LogP contribution in [0.25, 0.3) is 0 Å². The van der Waals surface area contributed by atoms with Crippen molar-refractivity contribution in [1.82, 2.24) is 10.4 Å². The highest BCUT2D eigenvalue weighted by Gasteiger charge is 2.51. The molecule has 1 aliphatic rings. The van der Waals surface area contributed by atoms with Crippen LogP contribution in [0.3, 0.4) is 0 Å². The fourth-order valence-electron chi connectivity index (χ4n) is 2.87. The van der Waals surface area contributed by atoms with Crippen LogP contribution >= 0.6 is 0 Å². The highest BCUT2D eigenvalue weighted by Crippen LogP contribution is 2.35. The highest BCUT2D eigenvalue weighted by atomic mass is 19.4. The number of nitrogens with one attached hydrogen (secondary N) is 1. The molecule has 1 aliphatic heterocycles. The quantitative estimate of drug-likeness (QED) is 0.658. The first-order valence-electron chi connectivity index (χ1n) is 7.39. The lowest BCUT2D eigenvalue weighted by Gasteiger charge is -2.37. The van der Waals surface area contributed by atoms with Gasteiger partial charge in [0, 0.05) is 24.1 Å². The molecule has 0 aromatic heterocycles. The second kappa shape index (κ2) is 6.39. The number of alkyl halides is 3. The number of hydrogen-bond acceptors (Lipinski definition) is 4. The second-order valence-corrected chi connectivity index (χ2v) is 6.42. The average molecular weight is 345 g/mol. The van der Waals surface area contributed by atoms with E-state index in [9.17, 15) is 28.1 Å². The van der Waals surface area contributed by atoms with Crippen molar-refractivity contribution in [2.24, 2.45) is 0 Å². The number of carbonyl (C=O) groups excluding carboxylic acids is 1. The molecule has 0 aliphatic carbocycles. The van der Waals surface area contributed by atoms with Crippen LogP contribution in [0.5, 0.6) is 0 Å². The number of rotatable bonds is 5. The Morgan fingerprint density at radius 3 is 2.58 bits per heavy atom. The number of hydrogen-bond donors (Lipinski definition) is 1. The smallest absolute Gasteiger partial charge is 0.288 e. The molecule has 1 amide bonds. The third kappa shape index (κ3) is 4.02. The molecular formula is C15H18F3N3O3. The SMILES string of the molecule is CC1(C)CC(=O)NN1[C@@H](CCc1cccc([N+](=O)[O-])c1)C(F)(F)F. The van der Waals surface area contributed by atoms with Crippen LogP contribution < -0.4 is 5.43 Å². The molecular weight excluding hydrogens is 327 g/mol. The van der Waals surface area contributed by atoms with Crippen molar-refractivity contribution in [3.8, 4) is 0 Å². The summed E-state index contributed by atoms with van der Waals surface area (Å²) in [6, 6.07) is 3.68. The molecule has 0 bridgehead atoms. The molecule has 132 valence electrons. The number of nitro groups is 1. The maximum Gasteiger partial charge on any atom is 0.405 e. The van der Waals surface area contributed by atoms with Gasteiger partial charge in [-0.15, -0.1) is 0 Å². The monoisotopic (exact) mass is 345 g/mol. The van der Waals surface area contributed by atoms with Crippen molar-refractivity contribution in [1.29, 1.82) is 0 Å². The minimum absolute atomic E-state index is 0.00824. The minimum Gasteiger partial charge on any atom is -0.288 e. The molecule has 2 rings (SSSR count). The van der Waals surface area contributed by atoms with Crippen LogP contribution in [0.1, 0.15) is 32.3 Å². The van der Waals surface area contributed by atoms with Gasteiger partial charge >= 0.3 is 6.18 Å². The molecule has 0 spiro atoms. The molecule has 0 unspecified atom stereocenters. The molecule has 0 radical (unpaired) electrons. The Morgan fingerprint density at radius 1 is 1.42 bits per heavy atom. The lowest BCUT2D eigenvalue weighted by molar-refractivity contribution is -0.384. The van der Waals surface area contributed by atoms with E-state index in [1.807, 2.05) is 0 Å². The first-order chi connectivity index (χ1) is 11.0. The summed E-state index contributed by atoms with van der Waals surface area (Å²) < 4.78 is 40.4. The Bertz CT molecular complexity index is 646. The van der Waals surface area contributed by atoms with Crippen molar-refractivity contribution >= 4 is 11.6 Å². The van der Waals surface area contributed by atoms with Gasteiger partial charge in [-0.1, -0.05) is 12.1 Å². The van der Waals surface area contributed by atoms with Gasteiger partial charge in [-0.05, 0) is 32.3 Å². The molecule has 1 aromatic rings. The van der Waals surface area contributed by atoms with Crippen molar-refractivity contribution in [3.05, 3.63) is 39.9 Å². The largest absolute Gasteiger partial charge is 0.405 e. The maximum absolute atomic E-state index is 13.5. The van der Waals surface area contributed by atoms with Crippen LogP contribution in [0, 0.1) is 10.1 Å². The Labute approximate surface area is 136 Å². The van der Waals surface area contributed by atoms with E-state index in [-0.39, 0.29) is 24.9 Å². The van der Waals surface area contributed by atoms with Crippen molar-refractivity contribution < 1.29 is 22.9 Å². The van der Waals surface area contributed by atoms with E-state index in [1.54, 1.807) is 19.9 Å². The molecule has 1 atom stereocenters. The zero-order valence-corrected chi connectivity index (χ0v) is 13.3. The first kappa shape index (κ1) is 18.2. The summed E-state index contributed by atoms with van der Waals surface area (Å²) in [6.07, 6.45) is -4.85. The van der Waals surface area contributed by atoms with E-state index < -0.39 is 28.6 Å². The number of halogens is 3. The number of nitrogens with zero attached hydrogens (tertiary/aromatic N) is 2. The number of nitro benzene ring substituents is 1. The molecule has 1 aromatic carbocycles.